The molecule has 0 aliphatic carbocycles. The van der Waals surface area contributed by atoms with Crippen LogP contribution in [0, 0.1) is 0 Å². The van der Waals surface area contributed by atoms with Crippen LogP contribution in [0.5, 0.6) is 5.75 Å². The summed E-state index contributed by atoms with van der Waals surface area (Å²) < 4.78 is 5.21. The molecule has 1 saturated heterocycles. The van der Waals surface area contributed by atoms with Crippen LogP contribution in [0.4, 0.5) is 5.69 Å². The lowest BCUT2D eigenvalue weighted by atomic mass is 10.2. The average molecular weight is 345 g/mol. The lowest BCUT2D eigenvalue weighted by Crippen LogP contribution is -2.35. The molecule has 0 N–H and O–H groups in total. The molecule has 1 aliphatic heterocycles. The number of carbonyl (C=O) groups excluding carboxylic acids is 1. The summed E-state index contributed by atoms with van der Waals surface area (Å²) in [4.78, 5) is 16.9. The van der Waals surface area contributed by atoms with Gasteiger partial charge in [-0.15, -0.1) is 0 Å². The Balaban J connectivity index is 1.67. The van der Waals surface area contributed by atoms with Gasteiger partial charge >= 0.3 is 0 Å². The molecule has 4 nitrogen and oxygen atoms in total. The summed E-state index contributed by atoms with van der Waals surface area (Å²) in [5.74, 6) is 0.903. The summed E-state index contributed by atoms with van der Waals surface area (Å²) in [6, 6.07) is 15.2. The second-order valence-electron chi connectivity index (χ2n) is 5.84. The van der Waals surface area contributed by atoms with E-state index in [1.165, 1.54) is 0 Å². The first-order chi connectivity index (χ1) is 11.7. The SMILES string of the molecule is COc1ccc(N2CCCN(C(=O)c3cccc(Cl)c3)CC2)cc1. The van der Waals surface area contributed by atoms with E-state index in [1.807, 2.05) is 29.2 Å². The standard InChI is InChI=1S/C19H21ClN2O2/c1-24-18-8-6-17(7-9-18)21-10-3-11-22(13-12-21)19(23)15-4-2-5-16(20)14-15/h2,4-9,14H,3,10-13H2,1H3. The van der Waals surface area contributed by atoms with E-state index in [-0.39, 0.29) is 5.91 Å². The molecule has 0 unspecified atom stereocenters. The van der Waals surface area contributed by atoms with E-state index in [2.05, 4.69) is 17.0 Å². The zero-order valence-electron chi connectivity index (χ0n) is 13.7. The lowest BCUT2D eigenvalue weighted by Gasteiger charge is -2.24. The normalized spacial score (nSPS) is 15.1. The van der Waals surface area contributed by atoms with E-state index in [4.69, 9.17) is 16.3 Å². The second kappa shape index (κ2) is 7.58. The molecule has 0 atom stereocenters. The van der Waals surface area contributed by atoms with Crippen LogP contribution in [0.1, 0.15) is 16.8 Å². The minimum atomic E-state index is 0.0501. The molecule has 24 heavy (non-hydrogen) atoms. The first kappa shape index (κ1) is 16.7. The number of amides is 1. The van der Waals surface area contributed by atoms with E-state index in [0.29, 0.717) is 17.1 Å². The number of benzene rings is 2. The van der Waals surface area contributed by atoms with Crippen LogP contribution in [0.2, 0.25) is 5.02 Å². The number of hydrogen-bond donors (Lipinski definition) is 0. The summed E-state index contributed by atoms with van der Waals surface area (Å²) in [6.07, 6.45) is 0.943. The Labute approximate surface area is 147 Å². The largest absolute Gasteiger partial charge is 0.497 e. The van der Waals surface area contributed by atoms with Crippen LogP contribution in [-0.2, 0) is 0 Å². The van der Waals surface area contributed by atoms with Crippen LogP contribution in [-0.4, -0.2) is 44.1 Å². The van der Waals surface area contributed by atoms with Crippen molar-refractivity contribution in [3.63, 3.8) is 0 Å². The van der Waals surface area contributed by atoms with Crippen molar-refractivity contribution >= 4 is 23.2 Å². The van der Waals surface area contributed by atoms with Crippen LogP contribution in [0.25, 0.3) is 0 Å². The van der Waals surface area contributed by atoms with Gasteiger partial charge in [-0.2, -0.15) is 0 Å². The number of methoxy groups -OCH3 is 1. The van der Waals surface area contributed by atoms with E-state index in [1.54, 1.807) is 19.2 Å². The Morgan fingerprint density at radius 2 is 1.83 bits per heavy atom. The third kappa shape index (κ3) is 3.82. The molecule has 0 saturated carbocycles. The molecule has 0 bridgehead atoms. The van der Waals surface area contributed by atoms with Crippen molar-refractivity contribution in [3.05, 3.63) is 59.1 Å². The molecule has 3 rings (SSSR count). The van der Waals surface area contributed by atoms with Crippen molar-refractivity contribution < 1.29 is 9.53 Å². The topological polar surface area (TPSA) is 32.8 Å². The van der Waals surface area contributed by atoms with Gasteiger partial charge in [0.25, 0.3) is 5.91 Å². The zero-order valence-corrected chi connectivity index (χ0v) is 14.5. The Hall–Kier alpha value is -2.20. The number of nitrogens with zero attached hydrogens (tertiary/aromatic N) is 2. The fourth-order valence-electron chi connectivity index (χ4n) is 2.98. The highest BCUT2D eigenvalue weighted by atomic mass is 35.5. The van der Waals surface area contributed by atoms with Gasteiger partial charge < -0.3 is 14.5 Å². The Morgan fingerprint density at radius 3 is 2.54 bits per heavy atom. The summed E-state index contributed by atoms with van der Waals surface area (Å²) >= 11 is 6.00. The van der Waals surface area contributed by atoms with Gasteiger partial charge in [-0.05, 0) is 48.9 Å². The first-order valence-corrected chi connectivity index (χ1v) is 8.49. The van der Waals surface area contributed by atoms with E-state index in [9.17, 15) is 4.79 Å². The molecule has 126 valence electrons. The highest BCUT2D eigenvalue weighted by molar-refractivity contribution is 6.30. The molecule has 1 fully saturated rings. The number of ether oxygens (including phenoxy) is 1. The van der Waals surface area contributed by atoms with E-state index in [0.717, 1.165) is 37.5 Å². The molecule has 5 heteroatoms. The fraction of sp³-hybridized carbons (Fsp3) is 0.316. The number of carbonyl (C=O) groups is 1. The molecular weight excluding hydrogens is 324 g/mol. The molecule has 0 aromatic heterocycles. The third-order valence-electron chi connectivity index (χ3n) is 4.29. The number of hydrogen-bond acceptors (Lipinski definition) is 3. The van der Waals surface area contributed by atoms with E-state index >= 15 is 0 Å². The van der Waals surface area contributed by atoms with Crippen LogP contribution in [0.3, 0.4) is 0 Å². The Kier molecular flexibility index (Phi) is 5.26. The maximum Gasteiger partial charge on any atom is 0.253 e. The second-order valence-corrected chi connectivity index (χ2v) is 6.28. The molecular formula is C19H21ClN2O2. The zero-order chi connectivity index (χ0) is 16.9. The summed E-state index contributed by atoms with van der Waals surface area (Å²) in [5, 5.41) is 0.593. The monoisotopic (exact) mass is 344 g/mol. The fourth-order valence-corrected chi connectivity index (χ4v) is 3.17. The summed E-state index contributed by atoms with van der Waals surface area (Å²) in [6.45, 7) is 3.22. The van der Waals surface area contributed by atoms with Crippen molar-refractivity contribution in [2.75, 3.05) is 38.2 Å². The summed E-state index contributed by atoms with van der Waals surface area (Å²) in [5.41, 5.74) is 1.81. The van der Waals surface area contributed by atoms with Crippen LogP contribution < -0.4 is 9.64 Å². The molecule has 1 heterocycles. The lowest BCUT2D eigenvalue weighted by molar-refractivity contribution is 0.0767. The minimum Gasteiger partial charge on any atom is -0.497 e. The molecule has 0 radical (unpaired) electrons. The molecule has 0 spiro atoms. The molecule has 1 amide bonds. The highest BCUT2D eigenvalue weighted by Gasteiger charge is 2.20. The van der Waals surface area contributed by atoms with Gasteiger partial charge in [0.05, 0.1) is 7.11 Å². The Bertz CT molecular complexity index is 703. The molecule has 1 aliphatic rings. The van der Waals surface area contributed by atoms with Crippen LogP contribution in [0.15, 0.2) is 48.5 Å². The number of anilines is 1. The van der Waals surface area contributed by atoms with Gasteiger partial charge in [0.2, 0.25) is 0 Å². The van der Waals surface area contributed by atoms with E-state index < -0.39 is 0 Å². The summed E-state index contributed by atoms with van der Waals surface area (Å²) in [7, 11) is 1.67. The van der Waals surface area contributed by atoms with Crippen molar-refractivity contribution in [3.8, 4) is 5.75 Å². The van der Waals surface area contributed by atoms with Gasteiger partial charge in [0, 0.05) is 42.5 Å². The predicted octanol–water partition coefficient (Wildman–Crippen LogP) is 3.70. The number of rotatable bonds is 3. The van der Waals surface area contributed by atoms with Gasteiger partial charge in [0.1, 0.15) is 5.75 Å². The van der Waals surface area contributed by atoms with Crippen molar-refractivity contribution in [2.45, 2.75) is 6.42 Å². The highest BCUT2D eigenvalue weighted by Crippen LogP contribution is 2.21. The van der Waals surface area contributed by atoms with Crippen LogP contribution >= 0.6 is 11.6 Å². The minimum absolute atomic E-state index is 0.0501. The van der Waals surface area contributed by atoms with Gasteiger partial charge in [0.15, 0.2) is 0 Å². The maximum absolute atomic E-state index is 12.7. The Morgan fingerprint density at radius 1 is 1.04 bits per heavy atom. The smallest absolute Gasteiger partial charge is 0.253 e. The number of halogens is 1. The average Bonchev–Trinajstić information content (AvgIpc) is 2.87. The molecule has 2 aromatic rings. The van der Waals surface area contributed by atoms with Crippen molar-refractivity contribution in [2.24, 2.45) is 0 Å². The maximum atomic E-state index is 12.7. The van der Waals surface area contributed by atoms with Crippen molar-refractivity contribution in [1.29, 1.82) is 0 Å². The van der Waals surface area contributed by atoms with Crippen molar-refractivity contribution in [1.82, 2.24) is 4.90 Å². The quantitative estimate of drug-likeness (QED) is 0.851. The van der Waals surface area contributed by atoms with Gasteiger partial charge in [-0.25, -0.2) is 0 Å². The predicted molar refractivity (Wildman–Crippen MR) is 97.2 cm³/mol. The molecule has 2 aromatic carbocycles. The van der Waals surface area contributed by atoms with Gasteiger partial charge in [-0.3, -0.25) is 4.79 Å². The third-order valence-corrected chi connectivity index (χ3v) is 4.53. The first-order valence-electron chi connectivity index (χ1n) is 8.11. The van der Waals surface area contributed by atoms with Gasteiger partial charge in [-0.1, -0.05) is 17.7 Å².